The average molecular weight is 242 g/mol. The number of hydrogen-bond donors (Lipinski definition) is 1. The van der Waals surface area contributed by atoms with Crippen LogP contribution in [0.15, 0.2) is 41.0 Å². The standard InChI is InChI=1S/C11H9Cl2NO/c12-8-3-1-7(2-4-8)10(14)9-5-6-15-11(9)13/h1-6,10H,14H2. The Labute approximate surface area is 97.6 Å². The van der Waals surface area contributed by atoms with Gasteiger partial charge < -0.3 is 10.2 Å². The zero-order valence-electron chi connectivity index (χ0n) is 7.78. The third-order valence-electron chi connectivity index (χ3n) is 2.21. The Bertz CT molecular complexity index is 450. The van der Waals surface area contributed by atoms with Gasteiger partial charge in [0.15, 0.2) is 5.22 Å². The maximum absolute atomic E-state index is 6.02. The molecule has 1 heterocycles. The van der Waals surface area contributed by atoms with Crippen LogP contribution in [-0.4, -0.2) is 0 Å². The molecule has 4 heteroatoms. The Hall–Kier alpha value is -0.960. The summed E-state index contributed by atoms with van der Waals surface area (Å²) in [7, 11) is 0. The van der Waals surface area contributed by atoms with Crippen molar-refractivity contribution in [3.63, 3.8) is 0 Å². The lowest BCUT2D eigenvalue weighted by Crippen LogP contribution is -2.11. The van der Waals surface area contributed by atoms with Gasteiger partial charge in [0.25, 0.3) is 0 Å². The summed E-state index contributed by atoms with van der Waals surface area (Å²) < 4.78 is 4.99. The number of rotatable bonds is 2. The molecule has 0 amide bonds. The molecule has 2 rings (SSSR count). The maximum atomic E-state index is 6.02. The molecule has 0 aliphatic heterocycles. The summed E-state index contributed by atoms with van der Waals surface area (Å²) in [6, 6.07) is 8.82. The van der Waals surface area contributed by atoms with E-state index in [1.165, 1.54) is 6.26 Å². The second-order valence-electron chi connectivity index (χ2n) is 3.18. The number of hydrogen-bond acceptors (Lipinski definition) is 2. The molecular formula is C11H9Cl2NO. The number of furan rings is 1. The van der Waals surface area contributed by atoms with Gasteiger partial charge in [0.2, 0.25) is 0 Å². The molecule has 1 aromatic carbocycles. The summed E-state index contributed by atoms with van der Waals surface area (Å²) in [5.74, 6) is 0. The number of halogens is 2. The molecule has 0 bridgehead atoms. The van der Waals surface area contributed by atoms with Crippen LogP contribution in [0.2, 0.25) is 10.2 Å². The van der Waals surface area contributed by atoms with Crippen LogP contribution in [0.25, 0.3) is 0 Å². The first-order valence-electron chi connectivity index (χ1n) is 4.42. The fourth-order valence-electron chi connectivity index (χ4n) is 1.38. The summed E-state index contributed by atoms with van der Waals surface area (Å²) >= 11 is 11.6. The lowest BCUT2D eigenvalue weighted by Gasteiger charge is -2.10. The molecule has 0 radical (unpaired) electrons. The summed E-state index contributed by atoms with van der Waals surface area (Å²) in [5.41, 5.74) is 7.75. The quantitative estimate of drug-likeness (QED) is 0.873. The maximum Gasteiger partial charge on any atom is 0.198 e. The van der Waals surface area contributed by atoms with E-state index >= 15 is 0 Å². The molecular weight excluding hydrogens is 233 g/mol. The second kappa shape index (κ2) is 4.27. The zero-order valence-corrected chi connectivity index (χ0v) is 9.29. The lowest BCUT2D eigenvalue weighted by atomic mass is 10.0. The first-order valence-corrected chi connectivity index (χ1v) is 5.18. The molecule has 1 atom stereocenters. The van der Waals surface area contributed by atoms with Crippen LogP contribution >= 0.6 is 23.2 Å². The van der Waals surface area contributed by atoms with Gasteiger partial charge >= 0.3 is 0 Å². The molecule has 0 aliphatic rings. The summed E-state index contributed by atoms with van der Waals surface area (Å²) in [4.78, 5) is 0. The van der Waals surface area contributed by atoms with Crippen LogP contribution in [-0.2, 0) is 0 Å². The minimum absolute atomic E-state index is 0.284. The van der Waals surface area contributed by atoms with Crippen molar-refractivity contribution in [2.45, 2.75) is 6.04 Å². The third-order valence-corrected chi connectivity index (χ3v) is 2.77. The largest absolute Gasteiger partial charge is 0.453 e. The highest BCUT2D eigenvalue weighted by molar-refractivity contribution is 6.30. The van der Waals surface area contributed by atoms with Gasteiger partial charge in [-0.3, -0.25) is 0 Å². The van der Waals surface area contributed by atoms with Crippen molar-refractivity contribution < 1.29 is 4.42 Å². The minimum Gasteiger partial charge on any atom is -0.453 e. The summed E-state index contributed by atoms with van der Waals surface area (Å²) in [5, 5.41) is 1.02. The molecule has 1 aromatic heterocycles. The van der Waals surface area contributed by atoms with Crippen LogP contribution in [0.4, 0.5) is 0 Å². The van der Waals surface area contributed by atoms with Crippen molar-refractivity contribution in [1.82, 2.24) is 0 Å². The molecule has 0 aliphatic carbocycles. The topological polar surface area (TPSA) is 39.2 Å². The van der Waals surface area contributed by atoms with E-state index in [9.17, 15) is 0 Å². The van der Waals surface area contributed by atoms with Crippen LogP contribution in [0.3, 0.4) is 0 Å². The Kier molecular flexibility index (Phi) is 3.00. The molecule has 2 nitrogen and oxygen atoms in total. The smallest absolute Gasteiger partial charge is 0.198 e. The van der Waals surface area contributed by atoms with Crippen molar-refractivity contribution >= 4 is 23.2 Å². The van der Waals surface area contributed by atoms with Gasteiger partial charge in [-0.15, -0.1) is 0 Å². The first kappa shape index (κ1) is 10.6. The van der Waals surface area contributed by atoms with Crippen LogP contribution in [0, 0.1) is 0 Å². The SMILES string of the molecule is NC(c1ccc(Cl)cc1)c1ccoc1Cl. The molecule has 15 heavy (non-hydrogen) atoms. The van der Waals surface area contributed by atoms with Crippen molar-refractivity contribution in [1.29, 1.82) is 0 Å². The molecule has 78 valence electrons. The van der Waals surface area contributed by atoms with Gasteiger partial charge in [-0.2, -0.15) is 0 Å². The number of nitrogens with two attached hydrogens (primary N) is 1. The van der Waals surface area contributed by atoms with E-state index in [1.54, 1.807) is 18.2 Å². The van der Waals surface area contributed by atoms with E-state index in [0.29, 0.717) is 10.2 Å². The third kappa shape index (κ3) is 2.17. The highest BCUT2D eigenvalue weighted by Gasteiger charge is 2.14. The Morgan fingerprint density at radius 1 is 1.07 bits per heavy atom. The molecule has 0 fully saturated rings. The molecule has 1 unspecified atom stereocenters. The Morgan fingerprint density at radius 3 is 2.27 bits per heavy atom. The molecule has 2 aromatic rings. The van der Waals surface area contributed by atoms with Gasteiger partial charge in [0.1, 0.15) is 0 Å². The van der Waals surface area contributed by atoms with E-state index in [4.69, 9.17) is 33.4 Å². The van der Waals surface area contributed by atoms with Crippen molar-refractivity contribution in [3.8, 4) is 0 Å². The van der Waals surface area contributed by atoms with Crippen LogP contribution in [0.5, 0.6) is 0 Å². The fraction of sp³-hybridized carbons (Fsp3) is 0.0909. The van der Waals surface area contributed by atoms with E-state index in [2.05, 4.69) is 0 Å². The molecule has 0 saturated carbocycles. The van der Waals surface area contributed by atoms with Gasteiger partial charge in [-0.25, -0.2) is 0 Å². The molecule has 0 spiro atoms. The Morgan fingerprint density at radius 2 is 1.73 bits per heavy atom. The Balaban J connectivity index is 2.32. The van der Waals surface area contributed by atoms with Gasteiger partial charge in [-0.05, 0) is 35.4 Å². The minimum atomic E-state index is -0.284. The number of benzene rings is 1. The van der Waals surface area contributed by atoms with Crippen LogP contribution < -0.4 is 5.73 Å². The first-order chi connectivity index (χ1) is 7.18. The van der Waals surface area contributed by atoms with E-state index < -0.39 is 0 Å². The summed E-state index contributed by atoms with van der Waals surface area (Å²) in [6.07, 6.45) is 1.52. The molecule has 0 saturated heterocycles. The van der Waals surface area contributed by atoms with Gasteiger partial charge in [0, 0.05) is 10.6 Å². The summed E-state index contributed by atoms with van der Waals surface area (Å²) in [6.45, 7) is 0. The predicted octanol–water partition coefficient (Wildman–Crippen LogP) is 3.63. The highest BCUT2D eigenvalue weighted by atomic mass is 35.5. The average Bonchev–Trinajstić information content (AvgIpc) is 2.65. The second-order valence-corrected chi connectivity index (χ2v) is 3.96. The van der Waals surface area contributed by atoms with Gasteiger partial charge in [0.05, 0.1) is 12.3 Å². The van der Waals surface area contributed by atoms with E-state index in [1.807, 2.05) is 12.1 Å². The van der Waals surface area contributed by atoms with Gasteiger partial charge in [-0.1, -0.05) is 23.7 Å². The van der Waals surface area contributed by atoms with E-state index in [-0.39, 0.29) is 6.04 Å². The van der Waals surface area contributed by atoms with Crippen molar-refractivity contribution in [3.05, 3.63) is 58.0 Å². The highest BCUT2D eigenvalue weighted by Crippen LogP contribution is 2.27. The van der Waals surface area contributed by atoms with Crippen molar-refractivity contribution in [2.75, 3.05) is 0 Å². The monoisotopic (exact) mass is 241 g/mol. The lowest BCUT2D eigenvalue weighted by molar-refractivity contribution is 0.564. The predicted molar refractivity (Wildman–Crippen MR) is 61.2 cm³/mol. The van der Waals surface area contributed by atoms with Crippen molar-refractivity contribution in [2.24, 2.45) is 5.73 Å². The normalized spacial score (nSPS) is 12.7. The van der Waals surface area contributed by atoms with Crippen LogP contribution in [0.1, 0.15) is 17.2 Å². The van der Waals surface area contributed by atoms with E-state index in [0.717, 1.165) is 11.1 Å². The fourth-order valence-corrected chi connectivity index (χ4v) is 1.73. The molecule has 2 N–H and O–H groups in total. The zero-order chi connectivity index (χ0) is 10.8.